The van der Waals surface area contributed by atoms with E-state index in [1.807, 2.05) is 30.0 Å². The molecule has 3 nitrogen and oxygen atoms in total. The molecule has 3 rings (SSSR count). The number of H-pyrrole nitrogens is 1. The van der Waals surface area contributed by atoms with Gasteiger partial charge in [0.25, 0.3) is 5.91 Å². The number of carbonyl (C=O) groups excluding carboxylic acids is 1. The molecular formula is C17H19ClN2O. The maximum absolute atomic E-state index is 12.7. The second-order valence-electron chi connectivity index (χ2n) is 5.85. The van der Waals surface area contributed by atoms with E-state index in [1.165, 1.54) is 11.1 Å². The molecule has 0 saturated carbocycles. The van der Waals surface area contributed by atoms with Crippen molar-refractivity contribution in [1.82, 2.24) is 9.88 Å². The number of carbonyl (C=O) groups is 1. The Morgan fingerprint density at radius 2 is 2.00 bits per heavy atom. The highest BCUT2D eigenvalue weighted by Gasteiger charge is 2.22. The quantitative estimate of drug-likeness (QED) is 0.783. The third-order valence-electron chi connectivity index (χ3n) is 4.44. The minimum absolute atomic E-state index is 0.0635. The molecule has 21 heavy (non-hydrogen) atoms. The lowest BCUT2D eigenvalue weighted by atomic mass is 10.0. The molecule has 1 aliphatic heterocycles. The van der Waals surface area contributed by atoms with Crippen LogP contribution in [0, 0.1) is 6.92 Å². The van der Waals surface area contributed by atoms with E-state index in [0.29, 0.717) is 5.69 Å². The van der Waals surface area contributed by atoms with E-state index in [9.17, 15) is 4.79 Å². The van der Waals surface area contributed by atoms with Gasteiger partial charge in [-0.05, 0) is 51.0 Å². The van der Waals surface area contributed by atoms with Gasteiger partial charge in [0, 0.05) is 29.0 Å². The Bertz CT molecular complexity index is 757. The molecule has 1 aromatic carbocycles. The summed E-state index contributed by atoms with van der Waals surface area (Å²) in [6.07, 6.45) is 0.961. The van der Waals surface area contributed by atoms with E-state index >= 15 is 0 Å². The molecule has 2 aromatic rings. The first-order valence-electron chi connectivity index (χ1n) is 7.19. The van der Waals surface area contributed by atoms with Crippen molar-refractivity contribution in [1.29, 1.82) is 0 Å². The smallest absolute Gasteiger partial charge is 0.270 e. The Morgan fingerprint density at radius 3 is 2.71 bits per heavy atom. The predicted molar refractivity (Wildman–Crippen MR) is 86.9 cm³/mol. The Hall–Kier alpha value is -1.74. The van der Waals surface area contributed by atoms with Gasteiger partial charge in [0.1, 0.15) is 5.69 Å². The highest BCUT2D eigenvalue weighted by Crippen LogP contribution is 2.27. The SMILES string of the molecule is CC1=C(C)CN(C(=O)c2cc3c(C)c(Cl)ccc3[nH]2)CC1. The summed E-state index contributed by atoms with van der Waals surface area (Å²) in [5.74, 6) is 0.0635. The van der Waals surface area contributed by atoms with Crippen molar-refractivity contribution in [2.24, 2.45) is 0 Å². The van der Waals surface area contributed by atoms with Gasteiger partial charge in [-0.15, -0.1) is 0 Å². The van der Waals surface area contributed by atoms with Crippen LogP contribution in [0.5, 0.6) is 0 Å². The van der Waals surface area contributed by atoms with Crippen LogP contribution in [0.1, 0.15) is 36.3 Å². The van der Waals surface area contributed by atoms with Gasteiger partial charge in [0.05, 0.1) is 0 Å². The van der Waals surface area contributed by atoms with Crippen LogP contribution in [0.2, 0.25) is 5.02 Å². The van der Waals surface area contributed by atoms with Crippen LogP contribution in [0.3, 0.4) is 0 Å². The molecule has 0 bridgehead atoms. The molecule has 1 amide bonds. The van der Waals surface area contributed by atoms with Gasteiger partial charge in [0.2, 0.25) is 0 Å². The van der Waals surface area contributed by atoms with Gasteiger partial charge in [-0.2, -0.15) is 0 Å². The highest BCUT2D eigenvalue weighted by molar-refractivity contribution is 6.32. The van der Waals surface area contributed by atoms with E-state index in [0.717, 1.165) is 41.0 Å². The van der Waals surface area contributed by atoms with E-state index in [-0.39, 0.29) is 5.91 Å². The van der Waals surface area contributed by atoms with Gasteiger partial charge < -0.3 is 9.88 Å². The van der Waals surface area contributed by atoms with Crippen LogP contribution in [-0.2, 0) is 0 Å². The minimum Gasteiger partial charge on any atom is -0.351 e. The summed E-state index contributed by atoms with van der Waals surface area (Å²) in [6.45, 7) is 7.73. The first-order valence-corrected chi connectivity index (χ1v) is 7.57. The molecule has 4 heteroatoms. The normalized spacial score (nSPS) is 15.9. The van der Waals surface area contributed by atoms with Crippen molar-refractivity contribution in [3.05, 3.63) is 45.6 Å². The Labute approximate surface area is 129 Å². The lowest BCUT2D eigenvalue weighted by Crippen LogP contribution is -2.36. The summed E-state index contributed by atoms with van der Waals surface area (Å²) in [5.41, 5.74) is 5.31. The van der Waals surface area contributed by atoms with Gasteiger partial charge in [-0.1, -0.05) is 22.7 Å². The average molecular weight is 303 g/mol. The van der Waals surface area contributed by atoms with E-state index in [2.05, 4.69) is 18.8 Å². The Balaban J connectivity index is 1.94. The third-order valence-corrected chi connectivity index (χ3v) is 4.85. The first-order chi connectivity index (χ1) is 9.97. The molecule has 0 radical (unpaired) electrons. The summed E-state index contributed by atoms with van der Waals surface area (Å²) < 4.78 is 0. The zero-order valence-electron chi connectivity index (χ0n) is 12.6. The van der Waals surface area contributed by atoms with Crippen molar-refractivity contribution in [3.63, 3.8) is 0 Å². The average Bonchev–Trinajstić information content (AvgIpc) is 2.90. The molecule has 1 N–H and O–H groups in total. The van der Waals surface area contributed by atoms with Gasteiger partial charge in [-0.3, -0.25) is 4.79 Å². The summed E-state index contributed by atoms with van der Waals surface area (Å²) in [4.78, 5) is 17.8. The highest BCUT2D eigenvalue weighted by atomic mass is 35.5. The lowest BCUT2D eigenvalue weighted by molar-refractivity contribution is 0.0759. The van der Waals surface area contributed by atoms with Crippen LogP contribution in [0.4, 0.5) is 0 Å². The minimum atomic E-state index is 0.0635. The molecule has 0 unspecified atom stereocenters. The molecule has 0 saturated heterocycles. The van der Waals surface area contributed by atoms with E-state index in [1.54, 1.807) is 0 Å². The predicted octanol–water partition coefficient (Wildman–Crippen LogP) is 4.31. The molecule has 0 fully saturated rings. The van der Waals surface area contributed by atoms with Gasteiger partial charge in [-0.25, -0.2) is 0 Å². The van der Waals surface area contributed by atoms with Crippen molar-refractivity contribution < 1.29 is 4.79 Å². The fourth-order valence-corrected chi connectivity index (χ4v) is 2.96. The van der Waals surface area contributed by atoms with Crippen LogP contribution in [0.15, 0.2) is 29.3 Å². The standard InChI is InChI=1S/C17H19ClN2O/c1-10-6-7-20(9-11(10)2)17(21)16-8-13-12(3)14(18)4-5-15(13)19-16/h4-5,8,19H,6-7,9H2,1-3H3. The number of benzene rings is 1. The molecule has 0 aliphatic carbocycles. The summed E-state index contributed by atoms with van der Waals surface area (Å²) >= 11 is 6.15. The largest absolute Gasteiger partial charge is 0.351 e. The number of halogens is 1. The first kappa shape index (κ1) is 14.2. The van der Waals surface area contributed by atoms with Crippen molar-refractivity contribution >= 4 is 28.4 Å². The Morgan fingerprint density at radius 1 is 1.24 bits per heavy atom. The second-order valence-corrected chi connectivity index (χ2v) is 6.26. The number of hydrogen-bond acceptors (Lipinski definition) is 1. The monoisotopic (exact) mass is 302 g/mol. The van der Waals surface area contributed by atoms with Gasteiger partial charge >= 0.3 is 0 Å². The van der Waals surface area contributed by atoms with E-state index in [4.69, 9.17) is 11.6 Å². The number of amides is 1. The third kappa shape index (κ3) is 2.46. The number of fused-ring (bicyclic) bond motifs is 1. The number of aromatic amines is 1. The Kier molecular flexibility index (Phi) is 3.54. The summed E-state index contributed by atoms with van der Waals surface area (Å²) in [6, 6.07) is 5.70. The maximum Gasteiger partial charge on any atom is 0.270 e. The number of rotatable bonds is 1. The fourth-order valence-electron chi connectivity index (χ4n) is 2.80. The number of aryl methyl sites for hydroxylation is 1. The second kappa shape index (κ2) is 5.23. The zero-order chi connectivity index (χ0) is 15.1. The van der Waals surface area contributed by atoms with E-state index < -0.39 is 0 Å². The number of hydrogen-bond donors (Lipinski definition) is 1. The summed E-state index contributed by atoms with van der Waals surface area (Å²) in [7, 11) is 0. The number of aromatic nitrogens is 1. The van der Waals surface area contributed by atoms with Crippen LogP contribution < -0.4 is 0 Å². The molecule has 0 spiro atoms. The topological polar surface area (TPSA) is 36.1 Å². The van der Waals surface area contributed by atoms with Gasteiger partial charge in [0.15, 0.2) is 0 Å². The number of nitrogens with zero attached hydrogens (tertiary/aromatic N) is 1. The lowest BCUT2D eigenvalue weighted by Gasteiger charge is -2.28. The van der Waals surface area contributed by atoms with Crippen LogP contribution >= 0.6 is 11.6 Å². The summed E-state index contributed by atoms with van der Waals surface area (Å²) in [5, 5.41) is 1.75. The van der Waals surface area contributed by atoms with Crippen molar-refractivity contribution in [2.75, 3.05) is 13.1 Å². The van der Waals surface area contributed by atoms with Crippen molar-refractivity contribution in [3.8, 4) is 0 Å². The molecule has 1 aliphatic rings. The molecule has 1 aromatic heterocycles. The molecule has 0 atom stereocenters. The van der Waals surface area contributed by atoms with Crippen molar-refractivity contribution in [2.45, 2.75) is 27.2 Å². The molecule has 110 valence electrons. The molecular weight excluding hydrogens is 284 g/mol. The molecule has 2 heterocycles. The fraction of sp³-hybridized carbons (Fsp3) is 0.353. The van der Waals surface area contributed by atoms with Crippen LogP contribution in [0.25, 0.3) is 10.9 Å². The number of nitrogens with one attached hydrogen (secondary N) is 1. The van der Waals surface area contributed by atoms with Crippen LogP contribution in [-0.4, -0.2) is 28.9 Å². The zero-order valence-corrected chi connectivity index (χ0v) is 13.3. The maximum atomic E-state index is 12.7.